The van der Waals surface area contributed by atoms with Gasteiger partial charge in [-0.25, -0.2) is 0 Å². The molecule has 122 valence electrons. The molecule has 3 aromatic rings. The first-order chi connectivity index (χ1) is 10.3. The zero-order chi connectivity index (χ0) is 15.6. The van der Waals surface area contributed by atoms with E-state index in [2.05, 4.69) is 19.6 Å². The highest BCUT2D eigenvalue weighted by molar-refractivity contribution is 7.07. The van der Waals surface area contributed by atoms with E-state index in [0.717, 1.165) is 0 Å². The van der Waals surface area contributed by atoms with Crippen molar-refractivity contribution < 1.29 is 9.50 Å². The molecular weight excluding hydrogens is 323 g/mol. The lowest BCUT2D eigenvalue weighted by Gasteiger charge is -1.81. The van der Waals surface area contributed by atoms with Gasteiger partial charge in [0.1, 0.15) is 5.78 Å². The number of nitrogens with one attached hydrogen (secondary N) is 1. The minimum atomic E-state index is 0. The van der Waals surface area contributed by atoms with Crippen molar-refractivity contribution in [3.8, 4) is 0 Å². The number of carbonyl (C=O) groups is 1. The molecule has 0 radical (unpaired) electrons. The van der Waals surface area contributed by atoms with E-state index in [4.69, 9.17) is 0 Å². The summed E-state index contributed by atoms with van der Waals surface area (Å²) in [6.45, 7) is 3.76. The van der Waals surface area contributed by atoms with Crippen molar-refractivity contribution in [1.29, 1.82) is 0 Å². The molecule has 5 nitrogen and oxygen atoms in total. The fraction of sp³-hybridized carbons (Fsp3) is 0.286. The van der Waals surface area contributed by atoms with Crippen LogP contribution in [0.25, 0.3) is 0 Å². The van der Waals surface area contributed by atoms with Crippen LogP contribution in [0.1, 0.15) is 26.7 Å². The molecular formula is C14H21FN4OS2. The Balaban J connectivity index is 0. The number of carbonyl (C=O) groups excluding carboxylic acids is 1. The maximum atomic E-state index is 10.2. The quantitative estimate of drug-likeness (QED) is 0.755. The number of hydrogen-bond donors (Lipinski definition) is 1. The minimum absolute atomic E-state index is 0. The largest absolute Gasteiger partial charge is 0.368 e. The molecule has 0 fully saturated rings. The first kappa shape index (κ1) is 22.4. The molecule has 0 aliphatic heterocycles. The van der Waals surface area contributed by atoms with Crippen molar-refractivity contribution in [2.75, 3.05) is 0 Å². The Bertz CT molecular complexity index is 367. The minimum Gasteiger partial charge on any atom is -0.368 e. The van der Waals surface area contributed by atoms with Gasteiger partial charge in [0.25, 0.3) is 0 Å². The second-order valence-electron chi connectivity index (χ2n) is 3.39. The van der Waals surface area contributed by atoms with E-state index in [1.54, 1.807) is 29.2 Å². The Morgan fingerprint density at radius 2 is 1.77 bits per heavy atom. The third kappa shape index (κ3) is 18.1. The maximum Gasteiger partial charge on any atom is 0.132 e. The summed E-state index contributed by atoms with van der Waals surface area (Å²) in [5.74, 6) is 0.343. The highest BCUT2D eigenvalue weighted by Gasteiger charge is 1.86. The molecule has 8 heteroatoms. The van der Waals surface area contributed by atoms with E-state index < -0.39 is 0 Å². The van der Waals surface area contributed by atoms with E-state index in [1.165, 1.54) is 11.5 Å². The van der Waals surface area contributed by atoms with Crippen molar-refractivity contribution in [2.45, 2.75) is 26.7 Å². The van der Waals surface area contributed by atoms with Crippen molar-refractivity contribution in [2.24, 2.45) is 0 Å². The molecule has 22 heavy (non-hydrogen) atoms. The third-order valence-electron chi connectivity index (χ3n) is 1.91. The van der Waals surface area contributed by atoms with Gasteiger partial charge in [-0.2, -0.15) is 0 Å². The molecule has 0 atom stereocenters. The number of H-pyrrole nitrogens is 1. The highest BCUT2D eigenvalue weighted by Crippen LogP contribution is 1.86. The number of rotatable bonds is 2. The molecule has 1 N–H and O–H groups in total. The zero-order valence-electron chi connectivity index (χ0n) is 12.6. The van der Waals surface area contributed by atoms with Gasteiger partial charge >= 0.3 is 0 Å². The summed E-state index contributed by atoms with van der Waals surface area (Å²) < 4.78 is 3.51. The van der Waals surface area contributed by atoms with Gasteiger partial charge in [0.15, 0.2) is 0 Å². The van der Waals surface area contributed by atoms with Crippen molar-refractivity contribution in [3.05, 3.63) is 53.2 Å². The normalized spacial score (nSPS) is 7.73. The first-order valence-electron chi connectivity index (χ1n) is 6.43. The van der Waals surface area contributed by atoms with E-state index in [0.29, 0.717) is 18.6 Å². The van der Waals surface area contributed by atoms with Crippen molar-refractivity contribution in [3.63, 3.8) is 0 Å². The number of aromatic nitrogens is 4. The number of aromatic amines is 1. The van der Waals surface area contributed by atoms with Crippen LogP contribution < -0.4 is 0 Å². The molecule has 0 aromatic carbocycles. The Morgan fingerprint density at radius 3 is 1.91 bits per heavy atom. The molecule has 0 amide bonds. The number of nitrogens with zero attached hydrogens (tertiary/aromatic N) is 3. The summed E-state index contributed by atoms with van der Waals surface area (Å²) in [4.78, 5) is 16.8. The van der Waals surface area contributed by atoms with Gasteiger partial charge in [0, 0.05) is 42.2 Å². The summed E-state index contributed by atoms with van der Waals surface area (Å²) in [6, 6.07) is 3.89. The van der Waals surface area contributed by atoms with Crippen LogP contribution in [-0.4, -0.2) is 25.3 Å². The molecule has 0 aliphatic carbocycles. The molecule has 0 spiro atoms. The smallest absolute Gasteiger partial charge is 0.132 e. The Kier molecular flexibility index (Phi) is 19.4. The van der Waals surface area contributed by atoms with E-state index in [1.807, 2.05) is 49.1 Å². The van der Waals surface area contributed by atoms with Crippen molar-refractivity contribution >= 4 is 28.7 Å². The standard InChI is InChI=1S/C5H10O.C4H5N.C3H3NS.C2H2N2S.FH/c1-3-5(6)4-2;1-2-4-5-3-1;1-2-5-3-4-1;1-2-5-4-3-1;/h3-4H2,1-2H3;1-5H;1-3H;1-2H;1H. The number of ketones is 1. The molecule has 0 aliphatic rings. The van der Waals surface area contributed by atoms with Crippen LogP contribution >= 0.6 is 22.9 Å². The van der Waals surface area contributed by atoms with Gasteiger partial charge in [-0.15, -0.1) is 16.4 Å². The van der Waals surface area contributed by atoms with Gasteiger partial charge in [-0.05, 0) is 23.7 Å². The average Bonchev–Trinajstić information content (AvgIpc) is 3.34. The lowest BCUT2D eigenvalue weighted by Crippen LogP contribution is -1.88. The summed E-state index contributed by atoms with van der Waals surface area (Å²) >= 11 is 2.95. The highest BCUT2D eigenvalue weighted by atomic mass is 32.1. The molecule has 0 saturated heterocycles. The number of hydrogen-bond acceptors (Lipinski definition) is 6. The second-order valence-corrected chi connectivity index (χ2v) is 4.80. The molecule has 3 aromatic heterocycles. The molecule has 3 heterocycles. The van der Waals surface area contributed by atoms with Gasteiger partial charge in [-0.1, -0.05) is 18.3 Å². The molecule has 3 rings (SSSR count). The number of thiazole rings is 1. The Labute approximate surface area is 138 Å². The third-order valence-corrected chi connectivity index (χ3v) is 2.87. The summed E-state index contributed by atoms with van der Waals surface area (Å²) in [6.07, 6.45) is 8.56. The van der Waals surface area contributed by atoms with Crippen LogP contribution in [0.2, 0.25) is 0 Å². The molecule has 0 bridgehead atoms. The average molecular weight is 344 g/mol. The summed E-state index contributed by atoms with van der Waals surface area (Å²) in [5.41, 5.74) is 1.79. The second kappa shape index (κ2) is 19.1. The summed E-state index contributed by atoms with van der Waals surface area (Å²) in [7, 11) is 0. The maximum absolute atomic E-state index is 10.2. The number of halogens is 1. The topological polar surface area (TPSA) is 71.5 Å². The van der Waals surface area contributed by atoms with Gasteiger partial charge < -0.3 is 4.98 Å². The van der Waals surface area contributed by atoms with Crippen LogP contribution in [0.15, 0.2) is 53.2 Å². The van der Waals surface area contributed by atoms with Crippen LogP contribution in [-0.2, 0) is 4.79 Å². The fourth-order valence-electron chi connectivity index (χ4n) is 0.840. The SMILES string of the molecule is CCC(=O)CC.F.c1cc[nH]c1.c1cscn1.c1csnn1. The van der Waals surface area contributed by atoms with Crippen molar-refractivity contribution in [1.82, 2.24) is 19.6 Å². The lowest BCUT2D eigenvalue weighted by molar-refractivity contribution is -0.118. The predicted octanol–water partition coefficient (Wildman–Crippen LogP) is 4.22. The first-order valence-corrected chi connectivity index (χ1v) is 8.21. The monoisotopic (exact) mass is 344 g/mol. The summed E-state index contributed by atoms with van der Waals surface area (Å²) in [5, 5.41) is 7.24. The zero-order valence-corrected chi connectivity index (χ0v) is 14.2. The lowest BCUT2D eigenvalue weighted by atomic mass is 10.3. The van der Waals surface area contributed by atoms with E-state index in [9.17, 15) is 4.79 Å². The van der Waals surface area contributed by atoms with Gasteiger partial charge in [0.05, 0.1) is 11.7 Å². The van der Waals surface area contributed by atoms with Gasteiger partial charge in [0.2, 0.25) is 0 Å². The fourth-order valence-corrected chi connectivity index (χ4v) is 1.46. The predicted molar refractivity (Wildman–Crippen MR) is 90.9 cm³/mol. The van der Waals surface area contributed by atoms with Crippen LogP contribution in [0.4, 0.5) is 4.70 Å². The van der Waals surface area contributed by atoms with E-state index in [-0.39, 0.29) is 4.70 Å². The van der Waals surface area contributed by atoms with Gasteiger partial charge in [-0.3, -0.25) is 14.5 Å². The van der Waals surface area contributed by atoms with Crippen LogP contribution in [0.5, 0.6) is 0 Å². The number of Topliss-reactive ketones (excluding diaryl/α,β-unsaturated/α-hetero) is 1. The van der Waals surface area contributed by atoms with Crippen LogP contribution in [0.3, 0.4) is 0 Å². The van der Waals surface area contributed by atoms with E-state index >= 15 is 0 Å². The Morgan fingerprint density at radius 1 is 1.09 bits per heavy atom. The van der Waals surface area contributed by atoms with Crippen LogP contribution in [0, 0.1) is 0 Å². The molecule has 0 unspecified atom stereocenters. The molecule has 0 saturated carbocycles. The Hall–Kier alpha value is -1.93.